The first-order valence-corrected chi connectivity index (χ1v) is 13.4. The molecule has 0 saturated heterocycles. The van der Waals surface area contributed by atoms with Gasteiger partial charge in [-0.05, 0) is 59.0 Å². The summed E-state index contributed by atoms with van der Waals surface area (Å²) < 4.78 is 120. The highest BCUT2D eigenvalue weighted by Gasteiger charge is 2.47. The van der Waals surface area contributed by atoms with Crippen molar-refractivity contribution in [2.45, 2.75) is 41.5 Å². The summed E-state index contributed by atoms with van der Waals surface area (Å²) in [6.07, 6.45) is 0. The monoisotopic (exact) mass is 584 g/mol. The summed E-state index contributed by atoms with van der Waals surface area (Å²) in [7, 11) is -10.7. The second kappa shape index (κ2) is 9.44. The molecule has 0 aliphatic carbocycles. The lowest BCUT2D eigenvalue weighted by atomic mass is 9.84. The summed E-state index contributed by atoms with van der Waals surface area (Å²) in [5.74, 6) is -3.80. The van der Waals surface area contributed by atoms with E-state index in [9.17, 15) is 43.9 Å². The summed E-state index contributed by atoms with van der Waals surface area (Å²) in [4.78, 5) is -2.05. The molecule has 37 heavy (non-hydrogen) atoms. The molecule has 0 radical (unpaired) electrons. The van der Waals surface area contributed by atoms with E-state index in [1.807, 2.05) is 0 Å². The van der Waals surface area contributed by atoms with Crippen molar-refractivity contribution in [1.82, 2.24) is 0 Å². The van der Waals surface area contributed by atoms with Gasteiger partial charge in [-0.1, -0.05) is 38.4 Å². The van der Waals surface area contributed by atoms with Crippen LogP contribution in [0.15, 0.2) is 58.3 Å². The highest BCUT2D eigenvalue weighted by atomic mass is 35.5. The fourth-order valence-corrected chi connectivity index (χ4v) is 5.43. The van der Waals surface area contributed by atoms with Crippen LogP contribution in [0.3, 0.4) is 0 Å². The Morgan fingerprint density at radius 3 is 1.97 bits per heavy atom. The normalized spacial score (nSPS) is 13.0. The molecule has 0 bridgehead atoms. The first-order valence-electron chi connectivity index (χ1n) is 10.1. The highest BCUT2D eigenvalue weighted by Crippen LogP contribution is 2.41. The topological polar surface area (TPSA) is 97.7 Å². The average molecular weight is 585 g/mol. The Morgan fingerprint density at radius 1 is 0.838 bits per heavy atom. The first kappa shape index (κ1) is 28.7. The SMILES string of the molecule is CC(C)(C)c1cc(-c2ccc(F)c(F)c2)cc(S(=O)(=O)Oc2ccc(S(=O)(=O)C(F)(F)F)cc2Cl)c1O. The molecule has 0 amide bonds. The van der Waals surface area contributed by atoms with E-state index < -0.39 is 68.8 Å². The Balaban J connectivity index is 2.15. The van der Waals surface area contributed by atoms with Crippen LogP contribution in [0.25, 0.3) is 11.1 Å². The Hall–Kier alpha value is -2.90. The minimum absolute atomic E-state index is 0.0700. The first-order chi connectivity index (χ1) is 16.8. The zero-order valence-electron chi connectivity index (χ0n) is 19.2. The number of phenols is 1. The fraction of sp³-hybridized carbons (Fsp3) is 0.217. The van der Waals surface area contributed by atoms with Gasteiger partial charge in [0, 0.05) is 5.56 Å². The molecule has 0 aliphatic rings. The van der Waals surface area contributed by atoms with E-state index in [2.05, 4.69) is 0 Å². The van der Waals surface area contributed by atoms with Crippen molar-refractivity contribution in [3.63, 3.8) is 0 Å². The molecule has 0 fully saturated rings. The number of alkyl halides is 3. The van der Waals surface area contributed by atoms with Crippen LogP contribution in [0.1, 0.15) is 26.3 Å². The third kappa shape index (κ3) is 5.68. The third-order valence-electron chi connectivity index (χ3n) is 5.12. The van der Waals surface area contributed by atoms with Gasteiger partial charge in [0.2, 0.25) is 0 Å². The van der Waals surface area contributed by atoms with Crippen LogP contribution < -0.4 is 4.18 Å². The highest BCUT2D eigenvalue weighted by molar-refractivity contribution is 7.92. The maximum absolute atomic E-state index is 13.8. The molecule has 0 saturated carbocycles. The van der Waals surface area contributed by atoms with Gasteiger partial charge >= 0.3 is 15.6 Å². The largest absolute Gasteiger partial charge is 0.506 e. The van der Waals surface area contributed by atoms with Gasteiger partial charge in [-0.15, -0.1) is 0 Å². The summed E-state index contributed by atoms with van der Waals surface area (Å²) >= 11 is 5.82. The Bertz CT molecular complexity index is 1600. The Labute approximate surface area is 214 Å². The van der Waals surface area contributed by atoms with Crippen LogP contribution in [0.2, 0.25) is 5.02 Å². The second-order valence-corrected chi connectivity index (χ2v) is 12.7. The van der Waals surface area contributed by atoms with Gasteiger partial charge in [-0.25, -0.2) is 17.2 Å². The van der Waals surface area contributed by atoms with Crippen LogP contribution in [0.4, 0.5) is 22.0 Å². The summed E-state index contributed by atoms with van der Waals surface area (Å²) in [5, 5.41) is 10.0. The minimum atomic E-state index is -5.77. The van der Waals surface area contributed by atoms with E-state index in [1.54, 1.807) is 20.8 Å². The van der Waals surface area contributed by atoms with Gasteiger partial charge in [0.05, 0.1) is 9.92 Å². The molecule has 0 spiro atoms. The predicted octanol–water partition coefficient (Wildman–Crippen LogP) is 6.35. The number of sulfone groups is 1. The van der Waals surface area contributed by atoms with Gasteiger partial charge in [0.15, 0.2) is 17.4 Å². The Morgan fingerprint density at radius 2 is 1.46 bits per heavy atom. The molecular formula is C23H18ClF5O6S2. The molecule has 0 aromatic heterocycles. The second-order valence-electron chi connectivity index (χ2n) is 8.83. The number of aromatic hydroxyl groups is 1. The molecule has 1 N–H and O–H groups in total. The zero-order valence-corrected chi connectivity index (χ0v) is 21.6. The van der Waals surface area contributed by atoms with Crippen LogP contribution in [-0.2, 0) is 25.4 Å². The lowest BCUT2D eigenvalue weighted by Gasteiger charge is -2.23. The van der Waals surface area contributed by atoms with Crippen molar-refractivity contribution in [2.75, 3.05) is 0 Å². The summed E-state index contributed by atoms with van der Waals surface area (Å²) in [5.41, 5.74) is -6.24. The predicted molar refractivity (Wildman–Crippen MR) is 125 cm³/mol. The van der Waals surface area contributed by atoms with Crippen LogP contribution in [0, 0.1) is 11.6 Å². The van der Waals surface area contributed by atoms with Crippen molar-refractivity contribution in [1.29, 1.82) is 0 Å². The Kier molecular flexibility index (Phi) is 7.32. The number of rotatable bonds is 5. The van der Waals surface area contributed by atoms with Gasteiger partial charge < -0.3 is 9.29 Å². The lowest BCUT2D eigenvalue weighted by Crippen LogP contribution is -2.23. The van der Waals surface area contributed by atoms with Crippen molar-refractivity contribution >= 4 is 31.6 Å². The molecule has 0 unspecified atom stereocenters. The van der Waals surface area contributed by atoms with E-state index in [4.69, 9.17) is 15.8 Å². The van der Waals surface area contributed by atoms with Crippen LogP contribution in [0.5, 0.6) is 11.5 Å². The van der Waals surface area contributed by atoms with E-state index >= 15 is 0 Å². The molecule has 0 atom stereocenters. The maximum atomic E-state index is 13.8. The molecule has 3 rings (SSSR count). The molecule has 0 heterocycles. The maximum Gasteiger partial charge on any atom is 0.501 e. The van der Waals surface area contributed by atoms with Gasteiger partial charge in [0.1, 0.15) is 10.6 Å². The summed E-state index contributed by atoms with van der Waals surface area (Å²) in [6.45, 7) is 4.93. The molecule has 3 aromatic rings. The lowest BCUT2D eigenvalue weighted by molar-refractivity contribution is -0.0436. The molecule has 200 valence electrons. The average Bonchev–Trinajstić information content (AvgIpc) is 2.75. The fourth-order valence-electron chi connectivity index (χ4n) is 3.23. The third-order valence-corrected chi connectivity index (χ3v) is 8.15. The van der Waals surface area contributed by atoms with E-state index in [0.29, 0.717) is 18.2 Å². The van der Waals surface area contributed by atoms with Crippen molar-refractivity contribution in [2.24, 2.45) is 0 Å². The zero-order chi connectivity index (χ0) is 28.1. The molecule has 3 aromatic carbocycles. The number of benzene rings is 3. The van der Waals surface area contributed by atoms with Gasteiger partial charge in [-0.2, -0.15) is 21.6 Å². The number of hydrogen-bond acceptors (Lipinski definition) is 6. The number of phenolic OH excluding ortho intramolecular Hbond substituents is 1. The minimum Gasteiger partial charge on any atom is -0.506 e. The smallest absolute Gasteiger partial charge is 0.501 e. The quantitative estimate of drug-likeness (QED) is 0.277. The van der Waals surface area contributed by atoms with E-state index in [1.165, 1.54) is 12.1 Å². The van der Waals surface area contributed by atoms with Crippen molar-refractivity contribution < 1.29 is 48.1 Å². The standard InChI is InChI=1S/C23H18ClF5O6S2/c1-22(2,3)15-8-13(12-4-6-17(25)18(26)9-12)10-20(21(15)30)37(33,34)35-19-7-5-14(11-16(19)24)36(31,32)23(27,28)29/h4-11,30H,1-3H3. The van der Waals surface area contributed by atoms with Gasteiger partial charge in [-0.3, -0.25) is 0 Å². The molecule has 6 nitrogen and oxygen atoms in total. The molecular weight excluding hydrogens is 567 g/mol. The number of halogens is 6. The van der Waals surface area contributed by atoms with Crippen LogP contribution >= 0.6 is 11.6 Å². The van der Waals surface area contributed by atoms with E-state index in [0.717, 1.165) is 18.2 Å². The van der Waals surface area contributed by atoms with Gasteiger partial charge in [0.25, 0.3) is 9.84 Å². The summed E-state index contributed by atoms with van der Waals surface area (Å²) in [6, 6.07) is 6.58. The molecule has 0 aliphatic heterocycles. The molecule has 14 heteroatoms. The van der Waals surface area contributed by atoms with Crippen molar-refractivity contribution in [3.8, 4) is 22.6 Å². The van der Waals surface area contributed by atoms with E-state index in [-0.39, 0.29) is 16.7 Å². The van der Waals surface area contributed by atoms with Crippen molar-refractivity contribution in [3.05, 3.63) is 70.8 Å². The number of hydrogen-bond donors (Lipinski definition) is 1. The van der Waals surface area contributed by atoms with Crippen LogP contribution in [-0.4, -0.2) is 27.5 Å².